The van der Waals surface area contributed by atoms with Crippen LogP contribution in [0.2, 0.25) is 0 Å². The third kappa shape index (κ3) is 3.15. The lowest BCUT2D eigenvalue weighted by Crippen LogP contribution is -2.01. The molecule has 7 aromatic rings. The van der Waals surface area contributed by atoms with Gasteiger partial charge in [0.15, 0.2) is 0 Å². The van der Waals surface area contributed by atoms with Crippen molar-refractivity contribution in [3.63, 3.8) is 0 Å². The number of hydrogen-bond acceptors (Lipinski definition) is 1. The highest BCUT2D eigenvalue weighted by Gasteiger charge is 2.19. The van der Waals surface area contributed by atoms with E-state index in [4.69, 9.17) is 11.8 Å². The van der Waals surface area contributed by atoms with Gasteiger partial charge in [0.05, 0.1) is 23.6 Å². The predicted molar refractivity (Wildman–Crippen MR) is 152 cm³/mol. The topological polar surface area (TPSA) is 17.8 Å². The molecule has 0 aliphatic heterocycles. The van der Waals surface area contributed by atoms with E-state index >= 15 is 0 Å². The fraction of sp³-hybridized carbons (Fsp3) is 0.0294. The molecule has 2 heteroatoms. The van der Waals surface area contributed by atoms with Crippen molar-refractivity contribution in [2.75, 3.05) is 0 Å². The molecular weight excluding hydrogens is 436 g/mol. The zero-order chi connectivity index (χ0) is 28.4. The number of para-hydroxylation sites is 2. The molecule has 0 spiro atoms. The summed E-state index contributed by atoms with van der Waals surface area (Å²) in [7, 11) is 0. The van der Waals surface area contributed by atoms with E-state index in [2.05, 4.69) is 34.9 Å². The molecule has 0 unspecified atom stereocenters. The molecule has 0 atom stereocenters. The monoisotopic (exact) mass is 465 g/mol. The molecule has 0 saturated heterocycles. The van der Waals surface area contributed by atoms with Crippen molar-refractivity contribution in [3.05, 3.63) is 133 Å². The van der Waals surface area contributed by atoms with Gasteiger partial charge in [-0.05, 0) is 58.1 Å². The number of aromatic nitrogens is 2. The summed E-state index contributed by atoms with van der Waals surface area (Å²) in [4.78, 5) is 4.85. The fourth-order valence-corrected chi connectivity index (χ4v) is 5.31. The van der Waals surface area contributed by atoms with E-state index in [0.717, 1.165) is 55.2 Å². The first-order valence-corrected chi connectivity index (χ1v) is 11.9. The van der Waals surface area contributed by atoms with Crippen LogP contribution in [0.25, 0.3) is 60.5 Å². The van der Waals surface area contributed by atoms with E-state index < -0.39 is 6.04 Å². The van der Waals surface area contributed by atoms with Gasteiger partial charge in [0.1, 0.15) is 5.82 Å². The molecular formula is C34H24N2. The molecule has 6 aromatic carbocycles. The number of fused-ring (bicyclic) bond motifs is 3. The minimum atomic E-state index is -0.394. The Bertz CT molecular complexity index is 2100. The summed E-state index contributed by atoms with van der Waals surface area (Å²) < 4.78 is 43.6. The lowest BCUT2D eigenvalue weighted by atomic mass is 9.89. The first-order valence-electron chi connectivity index (χ1n) is 14.4. The van der Waals surface area contributed by atoms with E-state index in [9.17, 15) is 0 Å². The Morgan fingerprint density at radius 2 is 1.22 bits per heavy atom. The SMILES string of the molecule is [2H]c1c([2H])c([2H])c(-c2cccc(-c3c4ccccc4c(-n4c(C)nc5ccccc54)c4ccccc34)c2)c([2H])c1[2H]. The standard InChI is InChI=1S/C34H24N2/c1-23-35-31-20-9-10-21-32(31)36(23)34-29-18-7-5-16-27(29)33(28-17-6-8-19-30(28)34)26-15-11-14-25(22-26)24-12-3-2-4-13-24/h2-22H,1H3/i2D,3D,4D,12D,13D. The van der Waals surface area contributed by atoms with Gasteiger partial charge in [-0.3, -0.25) is 4.57 Å². The van der Waals surface area contributed by atoms with Gasteiger partial charge < -0.3 is 0 Å². The smallest absolute Gasteiger partial charge is 0.111 e. The first kappa shape index (κ1) is 16.1. The third-order valence-electron chi connectivity index (χ3n) is 6.80. The van der Waals surface area contributed by atoms with Crippen LogP contribution in [-0.2, 0) is 0 Å². The molecule has 0 aliphatic rings. The summed E-state index contributed by atoms with van der Waals surface area (Å²) in [6.45, 7) is 2.03. The van der Waals surface area contributed by atoms with Crippen molar-refractivity contribution >= 4 is 32.6 Å². The second kappa shape index (κ2) is 8.21. The Kier molecular flexibility index (Phi) is 3.67. The lowest BCUT2D eigenvalue weighted by Gasteiger charge is -2.19. The van der Waals surface area contributed by atoms with Gasteiger partial charge in [-0.1, -0.05) is 109 Å². The Balaban J connectivity index is 1.57. The highest BCUT2D eigenvalue weighted by atomic mass is 15.1. The second-order valence-corrected chi connectivity index (χ2v) is 8.88. The Labute approximate surface area is 217 Å². The molecule has 0 saturated carbocycles. The summed E-state index contributed by atoms with van der Waals surface area (Å²) in [5.41, 5.74) is 5.74. The second-order valence-electron chi connectivity index (χ2n) is 8.88. The Hall–Kier alpha value is -4.69. The van der Waals surface area contributed by atoms with Crippen molar-refractivity contribution in [2.24, 2.45) is 0 Å². The van der Waals surface area contributed by atoms with Gasteiger partial charge in [-0.2, -0.15) is 0 Å². The third-order valence-corrected chi connectivity index (χ3v) is 6.80. The minimum absolute atomic E-state index is 0.198. The summed E-state index contributed by atoms with van der Waals surface area (Å²) in [6, 6.07) is 31.0. The van der Waals surface area contributed by atoms with Gasteiger partial charge in [0.25, 0.3) is 0 Å². The van der Waals surface area contributed by atoms with Crippen LogP contribution in [0.3, 0.4) is 0 Å². The van der Waals surface area contributed by atoms with Crippen LogP contribution in [0.4, 0.5) is 0 Å². The maximum atomic E-state index is 8.52. The van der Waals surface area contributed by atoms with Crippen LogP contribution < -0.4 is 0 Å². The predicted octanol–water partition coefficient (Wildman–Crippen LogP) is 8.97. The van der Waals surface area contributed by atoms with Crippen molar-refractivity contribution in [1.82, 2.24) is 9.55 Å². The number of nitrogens with zero attached hydrogens (tertiary/aromatic N) is 2. The number of imidazole rings is 1. The molecule has 1 heterocycles. The van der Waals surface area contributed by atoms with Crippen molar-refractivity contribution < 1.29 is 6.85 Å². The van der Waals surface area contributed by atoms with Gasteiger partial charge in [0, 0.05) is 10.8 Å². The maximum absolute atomic E-state index is 8.52. The number of aryl methyl sites for hydroxylation is 1. The first-order chi connectivity index (χ1) is 19.9. The van der Waals surface area contributed by atoms with Crippen LogP contribution in [0, 0.1) is 6.92 Å². The molecule has 0 bridgehead atoms. The van der Waals surface area contributed by atoms with Gasteiger partial charge in [-0.25, -0.2) is 4.98 Å². The van der Waals surface area contributed by atoms with Crippen LogP contribution in [0.5, 0.6) is 0 Å². The van der Waals surface area contributed by atoms with Gasteiger partial charge in [0.2, 0.25) is 0 Å². The Morgan fingerprint density at radius 1 is 0.611 bits per heavy atom. The molecule has 36 heavy (non-hydrogen) atoms. The van der Waals surface area contributed by atoms with Gasteiger partial charge in [-0.15, -0.1) is 0 Å². The molecule has 0 N–H and O–H groups in total. The fourth-order valence-electron chi connectivity index (χ4n) is 5.31. The number of rotatable bonds is 3. The van der Waals surface area contributed by atoms with E-state index in [1.807, 2.05) is 67.6 Å². The maximum Gasteiger partial charge on any atom is 0.111 e. The van der Waals surface area contributed by atoms with Crippen LogP contribution in [0.15, 0.2) is 127 Å². The molecule has 0 aliphatic carbocycles. The summed E-state index contributed by atoms with van der Waals surface area (Å²) in [5, 5.41) is 4.24. The summed E-state index contributed by atoms with van der Waals surface area (Å²) in [5.74, 6) is 0.900. The summed E-state index contributed by atoms with van der Waals surface area (Å²) in [6.07, 6.45) is 0. The average molecular weight is 466 g/mol. The lowest BCUT2D eigenvalue weighted by molar-refractivity contribution is 1.02. The zero-order valence-corrected chi connectivity index (χ0v) is 19.6. The number of benzene rings is 6. The van der Waals surface area contributed by atoms with Crippen molar-refractivity contribution in [1.29, 1.82) is 0 Å². The van der Waals surface area contributed by atoms with Crippen LogP contribution >= 0.6 is 0 Å². The summed E-state index contributed by atoms with van der Waals surface area (Å²) >= 11 is 0. The molecule has 1 aromatic heterocycles. The number of hydrogen-bond donors (Lipinski definition) is 0. The largest absolute Gasteiger partial charge is 0.295 e. The van der Waals surface area contributed by atoms with E-state index in [0.29, 0.717) is 5.56 Å². The van der Waals surface area contributed by atoms with Crippen molar-refractivity contribution in [3.8, 4) is 27.9 Å². The molecule has 170 valence electrons. The molecule has 0 radical (unpaired) electrons. The van der Waals surface area contributed by atoms with E-state index in [1.54, 1.807) is 6.07 Å². The van der Waals surface area contributed by atoms with Crippen LogP contribution in [-0.4, -0.2) is 9.55 Å². The van der Waals surface area contributed by atoms with Crippen LogP contribution in [0.1, 0.15) is 12.7 Å². The molecule has 0 fully saturated rings. The molecule has 7 rings (SSSR count). The minimum Gasteiger partial charge on any atom is -0.295 e. The van der Waals surface area contributed by atoms with E-state index in [-0.39, 0.29) is 29.7 Å². The Morgan fingerprint density at radius 3 is 1.94 bits per heavy atom. The molecule has 2 nitrogen and oxygen atoms in total. The quantitative estimate of drug-likeness (QED) is 0.238. The van der Waals surface area contributed by atoms with E-state index in [1.165, 1.54) is 0 Å². The van der Waals surface area contributed by atoms with Crippen molar-refractivity contribution in [2.45, 2.75) is 6.92 Å². The highest BCUT2D eigenvalue weighted by molar-refractivity contribution is 6.18. The zero-order valence-electron chi connectivity index (χ0n) is 24.6. The highest BCUT2D eigenvalue weighted by Crippen LogP contribution is 2.42. The average Bonchev–Trinajstić information content (AvgIpc) is 3.33. The molecule has 0 amide bonds. The normalized spacial score (nSPS) is 13.4. The van der Waals surface area contributed by atoms with Gasteiger partial charge >= 0.3 is 0 Å².